The van der Waals surface area contributed by atoms with Crippen molar-refractivity contribution >= 4 is 17.9 Å². The van der Waals surface area contributed by atoms with Crippen LogP contribution in [-0.2, 0) is 14.3 Å². The Balaban J connectivity index is 3.43. The number of carboxylic acid groups (broad SMARTS) is 1. The van der Waals surface area contributed by atoms with Gasteiger partial charge in [0.25, 0.3) is 5.91 Å². The van der Waals surface area contributed by atoms with E-state index in [1.54, 1.807) is 0 Å². The van der Waals surface area contributed by atoms with Crippen LogP contribution in [0.5, 0.6) is 0 Å². The number of rotatable bonds is 11. The molecule has 0 heterocycles. The van der Waals surface area contributed by atoms with Gasteiger partial charge < -0.3 is 15.2 Å². The van der Waals surface area contributed by atoms with E-state index in [0.29, 0.717) is 6.54 Å². The molecule has 0 aliphatic rings. The number of hydrogen-bond acceptors (Lipinski definition) is 4. The third kappa shape index (κ3) is 12.8. The summed E-state index contributed by atoms with van der Waals surface area (Å²) in [6.45, 7) is 1.66. The zero-order chi connectivity index (χ0) is 15.2. The molecule has 0 saturated carbocycles. The molecule has 0 spiro atoms. The molecule has 3 N–H and O–H groups in total. The molecular formula is C13H24N2O5. The van der Waals surface area contributed by atoms with Crippen LogP contribution in [0.4, 0.5) is 4.79 Å². The molecule has 0 fully saturated rings. The quantitative estimate of drug-likeness (QED) is 0.497. The van der Waals surface area contributed by atoms with Crippen LogP contribution in [0, 0.1) is 0 Å². The normalized spacial score (nSPS) is 10.1. The standard InChI is InChI=1S/C13H24N2O5/c1-2-3-4-5-6-7-8-14-13(19)15-11(16)9-20-10-12(17)18/h2-10H2,1H3,(H,17,18)(H2,14,15,16,19). The molecule has 0 saturated heterocycles. The summed E-state index contributed by atoms with van der Waals surface area (Å²) < 4.78 is 4.55. The number of imide groups is 1. The van der Waals surface area contributed by atoms with E-state index in [2.05, 4.69) is 22.3 Å². The van der Waals surface area contributed by atoms with Crippen molar-refractivity contribution in [3.05, 3.63) is 0 Å². The molecule has 0 aliphatic carbocycles. The number of amides is 3. The maximum absolute atomic E-state index is 11.3. The molecule has 7 heteroatoms. The lowest BCUT2D eigenvalue weighted by atomic mass is 10.1. The summed E-state index contributed by atoms with van der Waals surface area (Å²) in [5.41, 5.74) is 0. The van der Waals surface area contributed by atoms with Gasteiger partial charge in [0.05, 0.1) is 0 Å². The Morgan fingerprint density at radius 1 is 1.00 bits per heavy atom. The first-order valence-corrected chi connectivity index (χ1v) is 6.93. The lowest BCUT2D eigenvalue weighted by Crippen LogP contribution is -2.41. The SMILES string of the molecule is CCCCCCCCNC(=O)NC(=O)COCC(=O)O. The largest absolute Gasteiger partial charge is 0.480 e. The van der Waals surface area contributed by atoms with Gasteiger partial charge in [-0.2, -0.15) is 0 Å². The van der Waals surface area contributed by atoms with Crippen LogP contribution >= 0.6 is 0 Å². The molecule has 0 unspecified atom stereocenters. The van der Waals surface area contributed by atoms with Crippen LogP contribution in [0.25, 0.3) is 0 Å². The Morgan fingerprint density at radius 3 is 2.30 bits per heavy atom. The highest BCUT2D eigenvalue weighted by atomic mass is 16.5. The number of hydrogen-bond donors (Lipinski definition) is 3. The predicted octanol–water partition coefficient (Wildman–Crippen LogP) is 1.27. The van der Waals surface area contributed by atoms with Crippen molar-refractivity contribution in [1.82, 2.24) is 10.6 Å². The molecular weight excluding hydrogens is 264 g/mol. The molecule has 0 rings (SSSR count). The maximum Gasteiger partial charge on any atom is 0.329 e. The summed E-state index contributed by atoms with van der Waals surface area (Å²) in [7, 11) is 0. The van der Waals surface area contributed by atoms with Gasteiger partial charge in [0.2, 0.25) is 0 Å². The van der Waals surface area contributed by atoms with E-state index in [1.807, 2.05) is 0 Å². The monoisotopic (exact) mass is 288 g/mol. The van der Waals surface area contributed by atoms with Crippen molar-refractivity contribution in [2.24, 2.45) is 0 Å². The number of urea groups is 1. The molecule has 3 amide bonds. The first-order valence-electron chi connectivity index (χ1n) is 6.93. The predicted molar refractivity (Wildman–Crippen MR) is 73.4 cm³/mol. The number of carboxylic acids is 1. The first kappa shape index (κ1) is 18.4. The number of carbonyl (C=O) groups is 3. The van der Waals surface area contributed by atoms with Gasteiger partial charge in [0, 0.05) is 6.54 Å². The molecule has 0 aromatic rings. The van der Waals surface area contributed by atoms with Crippen molar-refractivity contribution in [2.75, 3.05) is 19.8 Å². The van der Waals surface area contributed by atoms with Crippen molar-refractivity contribution in [1.29, 1.82) is 0 Å². The van der Waals surface area contributed by atoms with Gasteiger partial charge >= 0.3 is 12.0 Å². The Labute approximate surface area is 119 Å². The topological polar surface area (TPSA) is 105 Å². The number of nitrogens with one attached hydrogen (secondary N) is 2. The van der Waals surface area contributed by atoms with Crippen molar-refractivity contribution < 1.29 is 24.2 Å². The van der Waals surface area contributed by atoms with Gasteiger partial charge in [-0.25, -0.2) is 9.59 Å². The van der Waals surface area contributed by atoms with Crippen molar-refractivity contribution in [2.45, 2.75) is 45.4 Å². The average Bonchev–Trinajstić information content (AvgIpc) is 2.37. The summed E-state index contributed by atoms with van der Waals surface area (Å²) in [5, 5.41) is 12.9. The highest BCUT2D eigenvalue weighted by molar-refractivity contribution is 5.94. The van der Waals surface area contributed by atoms with Gasteiger partial charge in [0.15, 0.2) is 0 Å². The fourth-order valence-corrected chi connectivity index (χ4v) is 1.55. The van der Waals surface area contributed by atoms with E-state index in [0.717, 1.165) is 19.3 Å². The highest BCUT2D eigenvalue weighted by Gasteiger charge is 2.07. The summed E-state index contributed by atoms with van der Waals surface area (Å²) in [6.07, 6.45) is 6.73. The second kappa shape index (κ2) is 12.4. The van der Waals surface area contributed by atoms with E-state index in [9.17, 15) is 14.4 Å². The van der Waals surface area contributed by atoms with E-state index in [4.69, 9.17) is 5.11 Å². The minimum absolute atomic E-state index is 0.448. The average molecular weight is 288 g/mol. The minimum atomic E-state index is -1.16. The lowest BCUT2D eigenvalue weighted by Gasteiger charge is -2.06. The smallest absolute Gasteiger partial charge is 0.329 e. The summed E-state index contributed by atoms with van der Waals surface area (Å²) in [5.74, 6) is -1.82. The lowest BCUT2D eigenvalue weighted by molar-refractivity contribution is -0.143. The molecule has 0 radical (unpaired) electrons. The second-order valence-corrected chi connectivity index (χ2v) is 4.46. The molecule has 7 nitrogen and oxygen atoms in total. The first-order chi connectivity index (χ1) is 9.56. The van der Waals surface area contributed by atoms with E-state index >= 15 is 0 Å². The summed E-state index contributed by atoms with van der Waals surface area (Å²) >= 11 is 0. The molecule has 0 aromatic heterocycles. The van der Waals surface area contributed by atoms with Crippen LogP contribution < -0.4 is 10.6 Å². The minimum Gasteiger partial charge on any atom is -0.480 e. The van der Waals surface area contributed by atoms with Crippen LogP contribution in [0.15, 0.2) is 0 Å². The van der Waals surface area contributed by atoms with Gasteiger partial charge in [-0.15, -0.1) is 0 Å². The van der Waals surface area contributed by atoms with Gasteiger partial charge in [-0.3, -0.25) is 10.1 Å². The Kier molecular flexibility index (Phi) is 11.4. The third-order valence-corrected chi connectivity index (χ3v) is 2.53. The summed E-state index contributed by atoms with van der Waals surface area (Å²) in [6, 6.07) is -0.581. The summed E-state index contributed by atoms with van der Waals surface area (Å²) in [4.78, 5) is 32.6. The Hall–Kier alpha value is -1.63. The van der Waals surface area contributed by atoms with Gasteiger partial charge in [-0.05, 0) is 6.42 Å². The van der Waals surface area contributed by atoms with Crippen LogP contribution in [0.3, 0.4) is 0 Å². The zero-order valence-corrected chi connectivity index (χ0v) is 11.9. The molecule has 0 aromatic carbocycles. The van der Waals surface area contributed by atoms with Crippen LogP contribution in [0.2, 0.25) is 0 Å². The molecule has 0 bridgehead atoms. The Morgan fingerprint density at radius 2 is 1.65 bits per heavy atom. The van der Waals surface area contributed by atoms with Crippen LogP contribution in [0.1, 0.15) is 45.4 Å². The van der Waals surface area contributed by atoms with E-state index in [-0.39, 0.29) is 0 Å². The molecule has 20 heavy (non-hydrogen) atoms. The van der Waals surface area contributed by atoms with Crippen molar-refractivity contribution in [3.8, 4) is 0 Å². The number of aliphatic carboxylic acids is 1. The number of carbonyl (C=O) groups excluding carboxylic acids is 2. The zero-order valence-electron chi connectivity index (χ0n) is 11.9. The van der Waals surface area contributed by atoms with Gasteiger partial charge in [0.1, 0.15) is 13.2 Å². The fraction of sp³-hybridized carbons (Fsp3) is 0.769. The molecule has 0 aliphatic heterocycles. The van der Waals surface area contributed by atoms with Gasteiger partial charge in [-0.1, -0.05) is 39.0 Å². The van der Waals surface area contributed by atoms with Crippen molar-refractivity contribution in [3.63, 3.8) is 0 Å². The molecule has 0 atom stereocenters. The highest BCUT2D eigenvalue weighted by Crippen LogP contribution is 2.03. The third-order valence-electron chi connectivity index (χ3n) is 2.53. The van der Waals surface area contributed by atoms with E-state index < -0.39 is 31.1 Å². The maximum atomic E-state index is 11.3. The number of ether oxygens (including phenoxy) is 1. The number of unbranched alkanes of at least 4 members (excludes halogenated alkanes) is 5. The van der Waals surface area contributed by atoms with Crippen LogP contribution in [-0.4, -0.2) is 42.8 Å². The second-order valence-electron chi connectivity index (χ2n) is 4.46. The van der Waals surface area contributed by atoms with E-state index in [1.165, 1.54) is 19.3 Å². The fourth-order valence-electron chi connectivity index (χ4n) is 1.55. The molecule has 116 valence electrons. The Bertz CT molecular complexity index is 307.